The molecule has 0 fully saturated rings. The monoisotopic (exact) mass is 546 g/mol. The molecule has 0 aliphatic rings. The molecule has 1 heterocycles. The molecular formula is C35H50N2O3. The Labute approximate surface area is 242 Å². The Kier molecular flexibility index (Phi) is 15.1. The summed E-state index contributed by atoms with van der Waals surface area (Å²) in [6.45, 7) is 4.51. The normalized spacial score (nSPS) is 11.2. The van der Waals surface area contributed by atoms with Crippen LogP contribution in [0.25, 0.3) is 11.5 Å². The van der Waals surface area contributed by atoms with E-state index >= 15 is 0 Å². The molecule has 0 unspecified atom stereocenters. The average molecular weight is 547 g/mol. The van der Waals surface area contributed by atoms with Crippen LogP contribution >= 0.6 is 0 Å². The molecule has 218 valence electrons. The topological polar surface area (TPSA) is 65.2 Å². The fraction of sp³-hybridized carbons (Fsp3) is 0.571. The van der Waals surface area contributed by atoms with Crippen molar-refractivity contribution in [2.75, 3.05) is 0 Å². The Morgan fingerprint density at radius 2 is 1.15 bits per heavy atom. The van der Waals surface area contributed by atoms with E-state index < -0.39 is 0 Å². The number of unbranched alkanes of at least 4 members (excludes halogenated alkanes) is 14. The maximum absolute atomic E-state index is 12.6. The SMILES string of the molecule is CCCCCCCCCCc1ccc(C(=O)Oc2ccc(-c3nnc(CCCCCCCCCC)o3)cc2)cc1. The van der Waals surface area contributed by atoms with Crippen LogP contribution in [0.15, 0.2) is 52.9 Å². The Balaban J connectivity index is 1.35. The van der Waals surface area contributed by atoms with Gasteiger partial charge in [0.15, 0.2) is 0 Å². The molecule has 0 aliphatic heterocycles. The quantitative estimate of drug-likeness (QED) is 0.0755. The third kappa shape index (κ3) is 12.1. The third-order valence-corrected chi connectivity index (χ3v) is 7.53. The molecule has 1 aromatic heterocycles. The van der Waals surface area contributed by atoms with Crippen molar-refractivity contribution in [3.8, 4) is 17.2 Å². The van der Waals surface area contributed by atoms with Crippen molar-refractivity contribution in [3.63, 3.8) is 0 Å². The zero-order valence-electron chi connectivity index (χ0n) is 25.0. The van der Waals surface area contributed by atoms with Crippen LogP contribution < -0.4 is 4.74 Å². The first-order chi connectivity index (χ1) is 19.7. The minimum Gasteiger partial charge on any atom is -0.423 e. The summed E-state index contributed by atoms with van der Waals surface area (Å²) in [6.07, 6.45) is 22.6. The number of carbonyl (C=O) groups excluding carboxylic acids is 1. The van der Waals surface area contributed by atoms with Crippen molar-refractivity contribution in [3.05, 3.63) is 65.5 Å². The molecule has 0 saturated heterocycles. The summed E-state index contributed by atoms with van der Waals surface area (Å²) in [7, 11) is 0. The number of hydrogen-bond acceptors (Lipinski definition) is 5. The minimum absolute atomic E-state index is 0.350. The van der Waals surface area contributed by atoms with E-state index in [0.29, 0.717) is 23.1 Å². The molecule has 0 aliphatic carbocycles. The van der Waals surface area contributed by atoms with Crippen LogP contribution in [0.2, 0.25) is 0 Å². The smallest absolute Gasteiger partial charge is 0.343 e. The van der Waals surface area contributed by atoms with E-state index in [4.69, 9.17) is 9.15 Å². The lowest BCUT2D eigenvalue weighted by Crippen LogP contribution is -2.08. The van der Waals surface area contributed by atoms with Crippen molar-refractivity contribution in [1.82, 2.24) is 10.2 Å². The van der Waals surface area contributed by atoms with Crippen molar-refractivity contribution in [1.29, 1.82) is 0 Å². The number of esters is 1. The first-order valence-corrected chi connectivity index (χ1v) is 15.9. The van der Waals surface area contributed by atoms with Gasteiger partial charge in [0.2, 0.25) is 11.8 Å². The predicted molar refractivity (Wildman–Crippen MR) is 164 cm³/mol. The summed E-state index contributed by atoms with van der Waals surface area (Å²) in [5.41, 5.74) is 2.65. The van der Waals surface area contributed by atoms with Gasteiger partial charge in [0.05, 0.1) is 5.56 Å². The van der Waals surface area contributed by atoms with Gasteiger partial charge in [-0.3, -0.25) is 0 Å². The second-order valence-corrected chi connectivity index (χ2v) is 11.1. The summed E-state index contributed by atoms with van der Waals surface area (Å²) in [4.78, 5) is 12.6. The Hall–Kier alpha value is -2.95. The van der Waals surface area contributed by atoms with Crippen molar-refractivity contribution >= 4 is 5.97 Å². The fourth-order valence-corrected chi connectivity index (χ4v) is 4.98. The van der Waals surface area contributed by atoms with Gasteiger partial charge in [0.25, 0.3) is 0 Å². The van der Waals surface area contributed by atoms with Crippen LogP contribution in [-0.2, 0) is 12.8 Å². The van der Waals surface area contributed by atoms with Gasteiger partial charge in [-0.2, -0.15) is 0 Å². The van der Waals surface area contributed by atoms with E-state index in [1.54, 1.807) is 12.1 Å². The predicted octanol–water partition coefficient (Wildman–Crippen LogP) is 10.3. The standard InChI is InChI=1S/C35H50N2O3/c1-3-5-7-9-11-13-15-17-19-29-21-23-31(24-22-29)35(38)39-32-27-25-30(26-28-32)34-37-36-33(40-34)20-18-16-14-12-10-8-6-4-2/h21-28H,3-20H2,1-2H3. The lowest BCUT2D eigenvalue weighted by atomic mass is 10.0. The number of hydrogen-bond donors (Lipinski definition) is 0. The van der Waals surface area contributed by atoms with E-state index in [9.17, 15) is 4.79 Å². The summed E-state index contributed by atoms with van der Waals surface area (Å²) in [5, 5.41) is 8.41. The van der Waals surface area contributed by atoms with Crippen LogP contribution in [-0.4, -0.2) is 16.2 Å². The molecule has 3 aromatic rings. The second-order valence-electron chi connectivity index (χ2n) is 11.1. The maximum atomic E-state index is 12.6. The van der Waals surface area contributed by atoms with E-state index in [1.165, 1.54) is 102 Å². The van der Waals surface area contributed by atoms with Crippen LogP contribution in [0.4, 0.5) is 0 Å². The molecular weight excluding hydrogens is 496 g/mol. The van der Waals surface area contributed by atoms with Crippen molar-refractivity contribution in [2.24, 2.45) is 0 Å². The van der Waals surface area contributed by atoms with Crippen molar-refractivity contribution in [2.45, 2.75) is 129 Å². The third-order valence-electron chi connectivity index (χ3n) is 7.53. The molecule has 0 amide bonds. The molecule has 0 bridgehead atoms. The van der Waals surface area contributed by atoms with Gasteiger partial charge in [0, 0.05) is 12.0 Å². The summed E-state index contributed by atoms with van der Waals surface area (Å²) in [5.74, 6) is 1.33. The molecule has 0 saturated carbocycles. The number of aryl methyl sites for hydroxylation is 2. The Morgan fingerprint density at radius 1 is 0.625 bits per heavy atom. The van der Waals surface area contributed by atoms with Gasteiger partial charge in [-0.1, -0.05) is 116 Å². The van der Waals surface area contributed by atoms with Crippen LogP contribution in [0, 0.1) is 0 Å². The molecule has 40 heavy (non-hydrogen) atoms. The number of aromatic nitrogens is 2. The summed E-state index contributed by atoms with van der Waals surface area (Å²) >= 11 is 0. The number of carbonyl (C=O) groups is 1. The molecule has 0 N–H and O–H groups in total. The minimum atomic E-state index is -0.350. The largest absolute Gasteiger partial charge is 0.423 e. The zero-order valence-corrected chi connectivity index (χ0v) is 25.0. The molecule has 5 nitrogen and oxygen atoms in total. The summed E-state index contributed by atoms with van der Waals surface area (Å²) in [6, 6.07) is 15.1. The number of nitrogens with zero attached hydrogens (tertiary/aromatic N) is 2. The van der Waals surface area contributed by atoms with Crippen LogP contribution in [0.1, 0.15) is 138 Å². The Morgan fingerprint density at radius 3 is 1.73 bits per heavy atom. The van der Waals surface area contributed by atoms with Gasteiger partial charge in [0.1, 0.15) is 5.75 Å². The van der Waals surface area contributed by atoms with E-state index in [-0.39, 0.29) is 5.97 Å². The molecule has 5 heteroatoms. The molecule has 0 atom stereocenters. The van der Waals surface area contributed by atoms with Gasteiger partial charge < -0.3 is 9.15 Å². The first kappa shape index (κ1) is 31.6. The van der Waals surface area contributed by atoms with Crippen LogP contribution in [0.3, 0.4) is 0 Å². The molecule has 3 rings (SSSR count). The van der Waals surface area contributed by atoms with Gasteiger partial charge in [-0.05, 0) is 61.2 Å². The van der Waals surface area contributed by atoms with E-state index in [2.05, 4.69) is 24.0 Å². The van der Waals surface area contributed by atoms with E-state index in [0.717, 1.165) is 24.8 Å². The summed E-state index contributed by atoms with van der Waals surface area (Å²) < 4.78 is 11.5. The van der Waals surface area contributed by atoms with Gasteiger partial charge in [-0.15, -0.1) is 10.2 Å². The molecule has 0 radical (unpaired) electrons. The lowest BCUT2D eigenvalue weighted by Gasteiger charge is -2.06. The zero-order chi connectivity index (χ0) is 28.3. The van der Waals surface area contributed by atoms with E-state index in [1.807, 2.05) is 36.4 Å². The maximum Gasteiger partial charge on any atom is 0.343 e. The molecule has 2 aromatic carbocycles. The van der Waals surface area contributed by atoms with Crippen LogP contribution in [0.5, 0.6) is 5.75 Å². The highest BCUT2D eigenvalue weighted by Gasteiger charge is 2.11. The lowest BCUT2D eigenvalue weighted by molar-refractivity contribution is 0.0734. The highest BCUT2D eigenvalue weighted by atomic mass is 16.5. The molecule has 0 spiro atoms. The number of ether oxygens (including phenoxy) is 1. The first-order valence-electron chi connectivity index (χ1n) is 15.9. The number of rotatable bonds is 21. The highest BCUT2D eigenvalue weighted by molar-refractivity contribution is 5.91. The number of benzene rings is 2. The van der Waals surface area contributed by atoms with Gasteiger partial charge in [-0.25, -0.2) is 4.79 Å². The fourth-order valence-electron chi connectivity index (χ4n) is 4.98. The average Bonchev–Trinajstić information content (AvgIpc) is 3.45. The second kappa shape index (κ2) is 19.2. The Bertz CT molecular complexity index is 1070. The van der Waals surface area contributed by atoms with Crippen molar-refractivity contribution < 1.29 is 13.9 Å². The van der Waals surface area contributed by atoms with Gasteiger partial charge >= 0.3 is 5.97 Å². The highest BCUT2D eigenvalue weighted by Crippen LogP contribution is 2.23.